The van der Waals surface area contributed by atoms with Gasteiger partial charge in [-0.25, -0.2) is 4.79 Å². The third kappa shape index (κ3) is 5.75. The van der Waals surface area contributed by atoms with Crippen molar-refractivity contribution in [1.29, 1.82) is 0 Å². The molecule has 1 aromatic carbocycles. The maximum atomic E-state index is 11.6. The minimum Gasteiger partial charge on any atom is -0.391 e. The van der Waals surface area contributed by atoms with E-state index in [-0.39, 0.29) is 12.6 Å². The number of carbonyl (C=O) groups is 1. The zero-order valence-electron chi connectivity index (χ0n) is 11.4. The van der Waals surface area contributed by atoms with E-state index in [2.05, 4.69) is 10.6 Å². The number of nitrogens with one attached hydrogen (secondary N) is 2. The number of rotatable bonds is 6. The molecule has 1 unspecified atom stereocenters. The molecule has 0 spiro atoms. The quantitative estimate of drug-likeness (QED) is 0.765. The van der Waals surface area contributed by atoms with Gasteiger partial charge in [-0.3, -0.25) is 0 Å². The van der Waals surface area contributed by atoms with Crippen LogP contribution in [0.5, 0.6) is 0 Å². The first-order chi connectivity index (χ1) is 10.1. The van der Waals surface area contributed by atoms with Crippen LogP contribution >= 0.6 is 22.9 Å². The standard InChI is InChI=1S/C15H17ClN2O2S/c16-14-7-6-13(21-14)10-18-15(20)17-9-12(19)8-11-4-2-1-3-5-11/h1-7,12,19H,8-10H2,(H2,17,18,20). The molecule has 3 N–H and O–H groups in total. The highest BCUT2D eigenvalue weighted by Gasteiger charge is 2.08. The molecule has 0 bridgehead atoms. The van der Waals surface area contributed by atoms with Gasteiger partial charge in [-0.05, 0) is 17.7 Å². The molecule has 1 aromatic heterocycles. The summed E-state index contributed by atoms with van der Waals surface area (Å²) in [5.74, 6) is 0. The number of aliphatic hydroxyl groups is 1. The van der Waals surface area contributed by atoms with E-state index in [4.69, 9.17) is 11.6 Å². The Labute approximate surface area is 132 Å². The van der Waals surface area contributed by atoms with Gasteiger partial charge in [0.25, 0.3) is 0 Å². The molecule has 4 nitrogen and oxygen atoms in total. The minimum absolute atomic E-state index is 0.214. The van der Waals surface area contributed by atoms with Crippen LogP contribution in [-0.2, 0) is 13.0 Å². The summed E-state index contributed by atoms with van der Waals surface area (Å²) in [5, 5.41) is 15.3. The van der Waals surface area contributed by atoms with Crippen LogP contribution in [0.2, 0.25) is 4.34 Å². The lowest BCUT2D eigenvalue weighted by molar-refractivity contribution is 0.170. The number of amides is 2. The Balaban J connectivity index is 1.66. The molecule has 0 saturated heterocycles. The fourth-order valence-corrected chi connectivity index (χ4v) is 2.87. The predicted molar refractivity (Wildman–Crippen MR) is 85.7 cm³/mol. The third-order valence-corrected chi connectivity index (χ3v) is 4.10. The maximum Gasteiger partial charge on any atom is 0.315 e. The first-order valence-electron chi connectivity index (χ1n) is 6.61. The molecule has 0 aliphatic carbocycles. The molecule has 2 aromatic rings. The number of carbonyl (C=O) groups excluding carboxylic acids is 1. The van der Waals surface area contributed by atoms with E-state index in [1.54, 1.807) is 6.07 Å². The SMILES string of the molecule is O=C(NCc1ccc(Cl)s1)NCC(O)Cc1ccccc1. The largest absolute Gasteiger partial charge is 0.391 e. The van der Waals surface area contributed by atoms with Gasteiger partial charge < -0.3 is 15.7 Å². The van der Waals surface area contributed by atoms with E-state index < -0.39 is 6.10 Å². The van der Waals surface area contributed by atoms with Gasteiger partial charge in [-0.2, -0.15) is 0 Å². The minimum atomic E-state index is -0.602. The van der Waals surface area contributed by atoms with Crippen molar-refractivity contribution in [2.75, 3.05) is 6.54 Å². The van der Waals surface area contributed by atoms with E-state index in [0.717, 1.165) is 10.4 Å². The van der Waals surface area contributed by atoms with Gasteiger partial charge in [0, 0.05) is 17.8 Å². The molecular weight excluding hydrogens is 308 g/mol. The summed E-state index contributed by atoms with van der Waals surface area (Å²) < 4.78 is 0.700. The van der Waals surface area contributed by atoms with Gasteiger partial charge in [0.15, 0.2) is 0 Å². The van der Waals surface area contributed by atoms with Gasteiger partial charge in [0.1, 0.15) is 0 Å². The maximum absolute atomic E-state index is 11.6. The average Bonchev–Trinajstić information content (AvgIpc) is 2.90. The molecule has 6 heteroatoms. The number of thiophene rings is 1. The number of benzene rings is 1. The Morgan fingerprint density at radius 2 is 1.95 bits per heavy atom. The number of halogens is 1. The zero-order valence-corrected chi connectivity index (χ0v) is 13.0. The van der Waals surface area contributed by atoms with Crippen LogP contribution < -0.4 is 10.6 Å². The lowest BCUT2D eigenvalue weighted by atomic mass is 10.1. The molecule has 112 valence electrons. The first-order valence-corrected chi connectivity index (χ1v) is 7.81. The summed E-state index contributed by atoms with van der Waals surface area (Å²) in [6.07, 6.45) is -0.0869. The molecule has 0 radical (unpaired) electrons. The van der Waals surface area contributed by atoms with Crippen LogP contribution in [0.15, 0.2) is 42.5 Å². The smallest absolute Gasteiger partial charge is 0.315 e. The lowest BCUT2D eigenvalue weighted by Gasteiger charge is -2.12. The van der Waals surface area contributed by atoms with Crippen molar-refractivity contribution in [2.45, 2.75) is 19.1 Å². The van der Waals surface area contributed by atoms with Crippen LogP contribution in [0.25, 0.3) is 0 Å². The topological polar surface area (TPSA) is 61.4 Å². The number of aliphatic hydroxyl groups excluding tert-OH is 1. The van der Waals surface area contributed by atoms with E-state index in [1.807, 2.05) is 36.4 Å². The summed E-state index contributed by atoms with van der Waals surface area (Å²) in [6.45, 7) is 0.643. The summed E-state index contributed by atoms with van der Waals surface area (Å²) >= 11 is 7.24. The Bertz CT molecular complexity index is 574. The van der Waals surface area contributed by atoms with Crippen LogP contribution in [0.1, 0.15) is 10.4 Å². The number of hydrogen-bond acceptors (Lipinski definition) is 3. The van der Waals surface area contributed by atoms with Gasteiger partial charge >= 0.3 is 6.03 Å². The molecule has 0 fully saturated rings. The van der Waals surface area contributed by atoms with Crippen molar-refractivity contribution in [3.63, 3.8) is 0 Å². The van der Waals surface area contributed by atoms with Gasteiger partial charge in [0.2, 0.25) is 0 Å². The molecule has 0 aliphatic heterocycles. The molecule has 21 heavy (non-hydrogen) atoms. The first kappa shape index (κ1) is 15.8. The van der Waals surface area contributed by atoms with Crippen molar-refractivity contribution in [3.05, 3.63) is 57.2 Å². The summed E-state index contributed by atoms with van der Waals surface area (Å²) in [7, 11) is 0. The highest BCUT2D eigenvalue weighted by atomic mass is 35.5. The van der Waals surface area contributed by atoms with E-state index in [1.165, 1.54) is 11.3 Å². The monoisotopic (exact) mass is 324 g/mol. The third-order valence-electron chi connectivity index (χ3n) is 2.86. The second-order valence-corrected chi connectivity index (χ2v) is 6.41. The van der Waals surface area contributed by atoms with Crippen molar-refractivity contribution < 1.29 is 9.90 Å². The molecule has 1 atom stereocenters. The number of hydrogen-bond donors (Lipinski definition) is 3. The predicted octanol–water partition coefficient (Wildman–Crippen LogP) is 2.80. The van der Waals surface area contributed by atoms with E-state index in [0.29, 0.717) is 17.3 Å². The van der Waals surface area contributed by atoms with Crippen molar-refractivity contribution in [3.8, 4) is 0 Å². The van der Waals surface area contributed by atoms with Crippen molar-refractivity contribution >= 4 is 29.0 Å². The van der Waals surface area contributed by atoms with Gasteiger partial charge in [-0.15, -0.1) is 11.3 Å². The van der Waals surface area contributed by atoms with Gasteiger partial charge in [0.05, 0.1) is 17.0 Å². The highest BCUT2D eigenvalue weighted by molar-refractivity contribution is 7.16. The fraction of sp³-hybridized carbons (Fsp3) is 0.267. The van der Waals surface area contributed by atoms with E-state index in [9.17, 15) is 9.90 Å². The zero-order chi connectivity index (χ0) is 15.1. The molecular formula is C15H17ClN2O2S. The summed E-state index contributed by atoms with van der Waals surface area (Å²) in [4.78, 5) is 12.6. The molecule has 1 heterocycles. The number of urea groups is 1. The summed E-state index contributed by atoms with van der Waals surface area (Å²) in [5.41, 5.74) is 1.04. The molecule has 0 saturated carbocycles. The fourth-order valence-electron chi connectivity index (χ4n) is 1.85. The lowest BCUT2D eigenvalue weighted by Crippen LogP contribution is -2.39. The normalized spacial score (nSPS) is 11.9. The molecule has 0 aliphatic rings. The van der Waals surface area contributed by atoms with Crippen molar-refractivity contribution in [2.24, 2.45) is 0 Å². The second kappa shape index (κ2) is 8.02. The highest BCUT2D eigenvalue weighted by Crippen LogP contribution is 2.20. The second-order valence-electron chi connectivity index (χ2n) is 4.61. The van der Waals surface area contributed by atoms with Crippen LogP contribution in [0, 0.1) is 0 Å². The summed E-state index contributed by atoms with van der Waals surface area (Å²) in [6, 6.07) is 13.0. The Kier molecular flexibility index (Phi) is 6.04. The van der Waals surface area contributed by atoms with E-state index >= 15 is 0 Å². The Morgan fingerprint density at radius 1 is 1.19 bits per heavy atom. The van der Waals surface area contributed by atoms with Crippen molar-refractivity contribution in [1.82, 2.24) is 10.6 Å². The Morgan fingerprint density at radius 3 is 2.62 bits per heavy atom. The average molecular weight is 325 g/mol. The van der Waals surface area contributed by atoms with Crippen LogP contribution in [0.3, 0.4) is 0 Å². The van der Waals surface area contributed by atoms with Crippen LogP contribution in [-0.4, -0.2) is 23.8 Å². The van der Waals surface area contributed by atoms with Gasteiger partial charge in [-0.1, -0.05) is 41.9 Å². The Hall–Kier alpha value is -1.56. The molecule has 2 amide bonds. The van der Waals surface area contributed by atoms with Crippen LogP contribution in [0.4, 0.5) is 4.79 Å². The molecule has 2 rings (SSSR count).